The van der Waals surface area contributed by atoms with E-state index in [0.717, 1.165) is 0 Å². The van der Waals surface area contributed by atoms with Gasteiger partial charge in [-0.3, -0.25) is 9.20 Å². The summed E-state index contributed by atoms with van der Waals surface area (Å²) in [6.45, 7) is 0. The Morgan fingerprint density at radius 1 is 1.60 bits per heavy atom. The lowest BCUT2D eigenvalue weighted by Crippen LogP contribution is -2.15. The van der Waals surface area contributed by atoms with Gasteiger partial charge in [0.1, 0.15) is 0 Å². The summed E-state index contributed by atoms with van der Waals surface area (Å²) >= 11 is 1.20. The Kier molecular flexibility index (Phi) is 2.42. The molecule has 0 aromatic carbocycles. The van der Waals surface area contributed by atoms with Crippen LogP contribution in [0.2, 0.25) is 0 Å². The number of amides is 1. The maximum absolute atomic E-state index is 10.6. The fourth-order valence-electron chi connectivity index (χ4n) is 1.10. The monoisotopic (exact) mass is 224 g/mol. The minimum atomic E-state index is -0.408. The van der Waals surface area contributed by atoms with E-state index >= 15 is 0 Å². The van der Waals surface area contributed by atoms with E-state index in [2.05, 4.69) is 15.2 Å². The molecule has 15 heavy (non-hydrogen) atoms. The molecule has 2 aromatic heterocycles. The molecule has 0 saturated carbocycles. The number of rotatable bonds is 3. The molecule has 4 N–H and O–H groups in total. The molecular weight excluding hydrogens is 216 g/mol. The molecule has 0 saturated heterocycles. The smallest absolute Gasteiger partial charge is 0.256 e. The minimum absolute atomic E-state index is 0.149. The number of hydrogen-bond donors (Lipinski definition) is 2. The zero-order valence-corrected chi connectivity index (χ0v) is 8.44. The molecule has 0 bridgehead atoms. The van der Waals surface area contributed by atoms with E-state index in [9.17, 15) is 4.79 Å². The Hall–Kier alpha value is -1.83. The van der Waals surface area contributed by atoms with Gasteiger partial charge in [0.25, 0.3) is 5.78 Å². The van der Waals surface area contributed by atoms with Gasteiger partial charge in [-0.2, -0.15) is 0 Å². The Balaban J connectivity index is 2.42. The largest absolute Gasteiger partial charge is 0.403 e. The second-order valence-electron chi connectivity index (χ2n) is 2.72. The van der Waals surface area contributed by atoms with Gasteiger partial charge in [0, 0.05) is 6.20 Å². The molecule has 2 heterocycles. The zero-order chi connectivity index (χ0) is 10.8. The number of imidazole rings is 1. The Bertz CT molecular complexity index is 549. The molecular formula is C7H8N6OS. The molecule has 0 radical (unpaired) electrons. The third-order valence-corrected chi connectivity index (χ3v) is 2.65. The predicted octanol–water partition coefficient (Wildman–Crippen LogP) is -1.88. The molecule has 2 aromatic rings. The van der Waals surface area contributed by atoms with Gasteiger partial charge in [-0.1, -0.05) is 11.8 Å². The highest BCUT2D eigenvalue weighted by atomic mass is 32.2. The molecule has 1 amide bonds. The van der Waals surface area contributed by atoms with Crippen LogP contribution in [0.25, 0.3) is 12.0 Å². The van der Waals surface area contributed by atoms with Crippen molar-refractivity contribution in [1.29, 1.82) is 0 Å². The summed E-state index contributed by atoms with van der Waals surface area (Å²) in [5, 5.41) is 8.92. The van der Waals surface area contributed by atoms with Gasteiger partial charge >= 0.3 is 0 Å². The van der Waals surface area contributed by atoms with Crippen molar-refractivity contribution < 1.29 is 4.79 Å². The number of hydrogen-bond acceptors (Lipinski definition) is 6. The first-order valence-electron chi connectivity index (χ1n) is 4.05. The summed E-state index contributed by atoms with van der Waals surface area (Å²) < 4.78 is 1.66. The lowest BCUT2D eigenvalue weighted by Gasteiger charge is -1.93. The zero-order valence-electron chi connectivity index (χ0n) is 7.62. The fourth-order valence-corrected chi connectivity index (χ4v) is 1.79. The highest BCUT2D eigenvalue weighted by molar-refractivity contribution is 7.99. The molecule has 0 fully saturated rings. The van der Waals surface area contributed by atoms with Crippen molar-refractivity contribution in [1.82, 2.24) is 19.6 Å². The van der Waals surface area contributed by atoms with Gasteiger partial charge in [0.05, 0.1) is 17.3 Å². The number of fused-ring (bicyclic) bond motifs is 1. The van der Waals surface area contributed by atoms with Crippen LogP contribution in [0.3, 0.4) is 0 Å². The second-order valence-corrected chi connectivity index (χ2v) is 3.67. The Morgan fingerprint density at radius 3 is 3.07 bits per heavy atom. The number of carbonyl (C=O) groups excluding carboxylic acids is 1. The van der Waals surface area contributed by atoms with Crippen molar-refractivity contribution in [3.8, 4) is 0 Å². The third-order valence-electron chi connectivity index (χ3n) is 1.70. The van der Waals surface area contributed by atoms with Crippen LogP contribution in [-0.2, 0) is 4.79 Å². The van der Waals surface area contributed by atoms with Crippen LogP contribution < -0.4 is 16.8 Å². The lowest BCUT2D eigenvalue weighted by molar-refractivity contribution is -0.115. The summed E-state index contributed by atoms with van der Waals surface area (Å²) in [4.78, 5) is 14.6. The van der Waals surface area contributed by atoms with Crippen LogP contribution >= 0.6 is 11.8 Å². The normalized spacial score (nSPS) is 12.4. The number of nitrogens with two attached hydrogens (primary N) is 2. The van der Waals surface area contributed by atoms with Gasteiger partial charge in [-0.05, 0) is 0 Å². The van der Waals surface area contributed by atoms with Crippen LogP contribution in [-0.4, -0.2) is 31.2 Å². The molecule has 0 atom stereocenters. The molecule has 0 spiro atoms. The first-order chi connectivity index (χ1) is 7.22. The van der Waals surface area contributed by atoms with Gasteiger partial charge in [0.2, 0.25) is 5.91 Å². The topological polar surface area (TPSA) is 112 Å². The number of thioether (sulfide) groups is 1. The van der Waals surface area contributed by atoms with Gasteiger partial charge in [0.15, 0.2) is 5.16 Å². The Labute approximate surface area is 88.5 Å². The third kappa shape index (κ3) is 1.71. The first-order valence-corrected chi connectivity index (χ1v) is 5.04. The summed E-state index contributed by atoms with van der Waals surface area (Å²) in [5.74, 6) is 0.198. The van der Waals surface area contributed by atoms with Crippen LogP contribution in [0.15, 0.2) is 11.4 Å². The van der Waals surface area contributed by atoms with Crippen molar-refractivity contribution in [2.75, 3.05) is 5.75 Å². The maximum atomic E-state index is 10.6. The molecule has 7 nitrogen and oxygen atoms in total. The standard InChI is InChI=1S/C7H8N6OS/c8-1-4-2-10-6-11-12-7(13(4)6)15-3-5(9)14/h1-2H,3,8H2,(H2,9,14)/b4-1-. The molecule has 78 valence electrons. The highest BCUT2D eigenvalue weighted by Gasteiger charge is 2.09. The molecule has 0 aliphatic rings. The van der Waals surface area contributed by atoms with Crippen molar-refractivity contribution >= 4 is 29.6 Å². The van der Waals surface area contributed by atoms with E-state index in [1.54, 1.807) is 10.6 Å². The van der Waals surface area contributed by atoms with Crippen LogP contribution in [0, 0.1) is 0 Å². The minimum Gasteiger partial charge on any atom is -0.403 e. The van der Waals surface area contributed by atoms with E-state index < -0.39 is 5.91 Å². The van der Waals surface area contributed by atoms with Crippen LogP contribution in [0.1, 0.15) is 0 Å². The quantitative estimate of drug-likeness (QED) is 0.590. The molecule has 2 rings (SSSR count). The summed E-state index contributed by atoms with van der Waals surface area (Å²) in [5.41, 5.74) is 10.4. The average molecular weight is 224 g/mol. The van der Waals surface area contributed by atoms with Crippen LogP contribution in [0.5, 0.6) is 0 Å². The molecule has 0 aliphatic heterocycles. The van der Waals surface area contributed by atoms with Gasteiger partial charge in [-0.25, -0.2) is 4.98 Å². The van der Waals surface area contributed by atoms with E-state index in [1.807, 2.05) is 0 Å². The fraction of sp³-hybridized carbons (Fsp3) is 0.143. The second kappa shape index (κ2) is 3.73. The maximum Gasteiger partial charge on any atom is 0.256 e. The first kappa shape index (κ1) is 9.71. The lowest BCUT2D eigenvalue weighted by atomic mass is 10.7. The predicted molar refractivity (Wildman–Crippen MR) is 54.6 cm³/mol. The molecule has 8 heteroatoms. The summed E-state index contributed by atoms with van der Waals surface area (Å²) in [7, 11) is 0. The summed E-state index contributed by atoms with van der Waals surface area (Å²) in [6.07, 6.45) is 2.98. The van der Waals surface area contributed by atoms with Gasteiger partial charge < -0.3 is 11.5 Å². The highest BCUT2D eigenvalue weighted by Crippen LogP contribution is 2.13. The number of carbonyl (C=O) groups is 1. The SMILES string of the molecule is N/C=c1/cnc2nnc(SCC(N)=O)n12. The number of primary amides is 1. The van der Waals surface area contributed by atoms with E-state index in [4.69, 9.17) is 11.5 Å². The van der Waals surface area contributed by atoms with Crippen molar-refractivity contribution in [2.45, 2.75) is 5.16 Å². The van der Waals surface area contributed by atoms with Gasteiger partial charge in [-0.15, -0.1) is 10.2 Å². The number of nitrogens with zero attached hydrogens (tertiary/aromatic N) is 4. The van der Waals surface area contributed by atoms with E-state index in [1.165, 1.54) is 18.0 Å². The molecule has 0 unspecified atom stereocenters. The van der Waals surface area contributed by atoms with Crippen molar-refractivity contribution in [2.24, 2.45) is 11.5 Å². The number of aromatic nitrogens is 4. The van der Waals surface area contributed by atoms with Crippen LogP contribution in [0.4, 0.5) is 0 Å². The van der Waals surface area contributed by atoms with Crippen molar-refractivity contribution in [3.63, 3.8) is 0 Å². The average Bonchev–Trinajstić information content (AvgIpc) is 2.75. The van der Waals surface area contributed by atoms with E-state index in [0.29, 0.717) is 16.3 Å². The molecule has 0 aliphatic carbocycles. The Morgan fingerprint density at radius 2 is 2.40 bits per heavy atom. The van der Waals surface area contributed by atoms with E-state index in [-0.39, 0.29) is 5.75 Å². The summed E-state index contributed by atoms with van der Waals surface area (Å²) in [6, 6.07) is 0. The van der Waals surface area contributed by atoms with Crippen molar-refractivity contribution in [3.05, 3.63) is 11.5 Å².